The van der Waals surface area contributed by atoms with E-state index in [0.29, 0.717) is 6.54 Å². The van der Waals surface area contributed by atoms with E-state index in [1.54, 1.807) is 13.8 Å². The molecule has 11 heavy (non-hydrogen) atoms. The Bertz CT molecular complexity index is 153. The highest BCUT2D eigenvalue weighted by Gasteiger charge is 2.19. The highest BCUT2D eigenvalue weighted by molar-refractivity contribution is 4.99. The molecule has 0 amide bonds. The molecule has 0 atom stereocenters. The third-order valence-corrected chi connectivity index (χ3v) is 1.48. The molecule has 0 aliphatic rings. The second kappa shape index (κ2) is 5.14. The van der Waals surface area contributed by atoms with Crippen molar-refractivity contribution in [1.82, 2.24) is 5.32 Å². The molecular formula is C8H15NO2. The Morgan fingerprint density at radius 2 is 1.91 bits per heavy atom. The first-order valence-electron chi connectivity index (χ1n) is 3.55. The average molecular weight is 157 g/mol. The second-order valence-corrected chi connectivity index (χ2v) is 2.66. The average Bonchev–Trinajstić information content (AvgIpc) is 2.05. The van der Waals surface area contributed by atoms with Crippen LogP contribution < -0.4 is 5.32 Å². The van der Waals surface area contributed by atoms with Crippen molar-refractivity contribution >= 4 is 0 Å². The molecule has 0 aromatic heterocycles. The smallest absolute Gasteiger partial charge is 0.0633 e. The van der Waals surface area contributed by atoms with Crippen LogP contribution in [-0.4, -0.2) is 35.5 Å². The van der Waals surface area contributed by atoms with Crippen molar-refractivity contribution < 1.29 is 10.2 Å². The lowest BCUT2D eigenvalue weighted by Gasteiger charge is -2.24. The zero-order valence-electron chi connectivity index (χ0n) is 7.02. The molecule has 0 aliphatic heterocycles. The first-order valence-corrected chi connectivity index (χ1v) is 3.55. The molecule has 0 aromatic rings. The molecule has 0 rings (SSSR count). The van der Waals surface area contributed by atoms with Crippen LogP contribution in [0.2, 0.25) is 0 Å². The van der Waals surface area contributed by atoms with Gasteiger partial charge < -0.3 is 10.2 Å². The van der Waals surface area contributed by atoms with E-state index >= 15 is 0 Å². The van der Waals surface area contributed by atoms with E-state index in [0.717, 1.165) is 0 Å². The van der Waals surface area contributed by atoms with Gasteiger partial charge in [-0.05, 0) is 13.8 Å². The van der Waals surface area contributed by atoms with Crippen LogP contribution in [0.15, 0.2) is 0 Å². The Balaban J connectivity index is 3.74. The maximum absolute atomic E-state index is 8.81. The lowest BCUT2D eigenvalue weighted by molar-refractivity contribution is 0.108. The Hall–Kier alpha value is -0.560. The minimum atomic E-state index is -0.607. The molecule has 64 valence electrons. The minimum absolute atomic E-state index is 0.0884. The van der Waals surface area contributed by atoms with E-state index in [4.69, 9.17) is 10.2 Å². The Morgan fingerprint density at radius 1 is 1.36 bits per heavy atom. The fourth-order valence-electron chi connectivity index (χ4n) is 0.508. The molecule has 0 spiro atoms. The summed E-state index contributed by atoms with van der Waals surface area (Å²) in [6.07, 6.45) is 0. The van der Waals surface area contributed by atoms with Crippen molar-refractivity contribution in [1.29, 1.82) is 0 Å². The van der Waals surface area contributed by atoms with Crippen LogP contribution in [-0.2, 0) is 0 Å². The maximum atomic E-state index is 8.81. The molecule has 3 heteroatoms. The molecule has 0 radical (unpaired) electrons. The number of aliphatic hydroxyl groups is 2. The van der Waals surface area contributed by atoms with Crippen molar-refractivity contribution in [2.45, 2.75) is 19.4 Å². The molecule has 3 N–H and O–H groups in total. The molecule has 0 heterocycles. The largest absolute Gasteiger partial charge is 0.394 e. The zero-order valence-corrected chi connectivity index (χ0v) is 7.02. The van der Waals surface area contributed by atoms with Gasteiger partial charge in [0.05, 0.1) is 25.3 Å². The van der Waals surface area contributed by atoms with Gasteiger partial charge in [-0.25, -0.2) is 0 Å². The van der Waals surface area contributed by atoms with Gasteiger partial charge in [0.15, 0.2) is 0 Å². The Morgan fingerprint density at radius 3 is 2.27 bits per heavy atom. The first-order chi connectivity index (χ1) is 5.18. The monoisotopic (exact) mass is 157 g/mol. The first kappa shape index (κ1) is 10.4. The van der Waals surface area contributed by atoms with Crippen molar-refractivity contribution in [2.75, 3.05) is 19.8 Å². The van der Waals surface area contributed by atoms with Gasteiger partial charge in [0, 0.05) is 0 Å². The second-order valence-electron chi connectivity index (χ2n) is 2.66. The summed E-state index contributed by atoms with van der Waals surface area (Å²) < 4.78 is 0. The van der Waals surface area contributed by atoms with Crippen LogP contribution in [0.4, 0.5) is 0 Å². The van der Waals surface area contributed by atoms with E-state index in [1.807, 2.05) is 0 Å². The normalized spacial score (nSPS) is 10.5. The summed E-state index contributed by atoms with van der Waals surface area (Å²) in [4.78, 5) is 0. The van der Waals surface area contributed by atoms with Crippen LogP contribution in [0.5, 0.6) is 0 Å². The fourth-order valence-corrected chi connectivity index (χ4v) is 0.508. The van der Waals surface area contributed by atoms with Gasteiger partial charge in [-0.3, -0.25) is 5.32 Å². The predicted molar refractivity (Wildman–Crippen MR) is 44.0 cm³/mol. The third kappa shape index (κ3) is 3.99. The summed E-state index contributed by atoms with van der Waals surface area (Å²) in [7, 11) is 0. The lowest BCUT2D eigenvalue weighted by Crippen LogP contribution is -2.49. The topological polar surface area (TPSA) is 52.5 Å². The summed E-state index contributed by atoms with van der Waals surface area (Å²) in [5, 5.41) is 20.6. The summed E-state index contributed by atoms with van der Waals surface area (Å²) in [6, 6.07) is 0. The van der Waals surface area contributed by atoms with E-state index in [9.17, 15) is 0 Å². The van der Waals surface area contributed by atoms with Crippen molar-refractivity contribution in [3.05, 3.63) is 0 Å². The maximum Gasteiger partial charge on any atom is 0.0633 e. The summed E-state index contributed by atoms with van der Waals surface area (Å²) >= 11 is 0. The van der Waals surface area contributed by atoms with E-state index in [2.05, 4.69) is 17.2 Å². The molecule has 0 aromatic carbocycles. The number of rotatable bonds is 4. The Kier molecular flexibility index (Phi) is 4.88. The number of aliphatic hydroxyl groups excluding tert-OH is 2. The van der Waals surface area contributed by atoms with Gasteiger partial charge in [-0.1, -0.05) is 5.92 Å². The summed E-state index contributed by atoms with van der Waals surface area (Å²) in [5.74, 6) is 5.50. The van der Waals surface area contributed by atoms with Gasteiger partial charge in [-0.2, -0.15) is 0 Å². The molecule has 0 saturated carbocycles. The highest BCUT2D eigenvalue weighted by atomic mass is 16.3. The van der Waals surface area contributed by atoms with Crippen molar-refractivity contribution in [3.63, 3.8) is 0 Å². The van der Waals surface area contributed by atoms with Crippen LogP contribution in [0, 0.1) is 11.8 Å². The third-order valence-electron chi connectivity index (χ3n) is 1.48. The van der Waals surface area contributed by atoms with Gasteiger partial charge in [-0.15, -0.1) is 5.92 Å². The zero-order chi connectivity index (χ0) is 8.74. The van der Waals surface area contributed by atoms with Crippen LogP contribution in [0.25, 0.3) is 0 Å². The molecule has 0 saturated heterocycles. The molecule has 0 unspecified atom stereocenters. The highest BCUT2D eigenvalue weighted by Crippen LogP contribution is 1.98. The van der Waals surface area contributed by atoms with Crippen LogP contribution in [0.3, 0.4) is 0 Å². The summed E-state index contributed by atoms with van der Waals surface area (Å²) in [5.41, 5.74) is -0.607. The molecule has 0 aliphatic carbocycles. The summed E-state index contributed by atoms with van der Waals surface area (Å²) in [6.45, 7) is 3.80. The number of hydrogen-bond acceptors (Lipinski definition) is 3. The fraction of sp³-hybridized carbons (Fsp3) is 0.750. The quantitative estimate of drug-likeness (QED) is 0.475. The van der Waals surface area contributed by atoms with Crippen molar-refractivity contribution in [2.24, 2.45) is 0 Å². The van der Waals surface area contributed by atoms with Gasteiger partial charge in [0.1, 0.15) is 0 Å². The van der Waals surface area contributed by atoms with Gasteiger partial charge in [0.25, 0.3) is 0 Å². The SMILES string of the molecule is CC#CCNC(C)(CO)CO. The molecular weight excluding hydrogens is 142 g/mol. The van der Waals surface area contributed by atoms with Crippen LogP contribution >= 0.6 is 0 Å². The lowest BCUT2D eigenvalue weighted by atomic mass is 10.1. The van der Waals surface area contributed by atoms with Gasteiger partial charge >= 0.3 is 0 Å². The standard InChI is InChI=1S/C8H15NO2/c1-3-4-5-9-8(2,6-10)7-11/h9-11H,5-7H2,1-2H3. The van der Waals surface area contributed by atoms with Crippen LogP contribution in [0.1, 0.15) is 13.8 Å². The molecule has 0 bridgehead atoms. The van der Waals surface area contributed by atoms with E-state index in [1.165, 1.54) is 0 Å². The minimum Gasteiger partial charge on any atom is -0.394 e. The van der Waals surface area contributed by atoms with E-state index in [-0.39, 0.29) is 13.2 Å². The van der Waals surface area contributed by atoms with Gasteiger partial charge in [0.2, 0.25) is 0 Å². The van der Waals surface area contributed by atoms with E-state index < -0.39 is 5.54 Å². The predicted octanol–water partition coefficient (Wildman–Crippen LogP) is -0.657. The van der Waals surface area contributed by atoms with Crippen molar-refractivity contribution in [3.8, 4) is 11.8 Å². The molecule has 0 fully saturated rings. The molecule has 3 nitrogen and oxygen atoms in total. The Labute approximate surface area is 67.4 Å². The number of hydrogen-bond donors (Lipinski definition) is 3. The number of nitrogens with one attached hydrogen (secondary N) is 1.